The van der Waals surface area contributed by atoms with Gasteiger partial charge in [-0.1, -0.05) is 0 Å². The van der Waals surface area contributed by atoms with Gasteiger partial charge in [-0.05, 0) is 19.0 Å². The summed E-state index contributed by atoms with van der Waals surface area (Å²) < 4.78 is 0. The number of pyridine rings is 1. The predicted octanol–water partition coefficient (Wildman–Crippen LogP) is 0.766. The molecule has 3 heterocycles. The minimum atomic E-state index is 0.264. The monoisotopic (exact) mass is 281 g/mol. The van der Waals surface area contributed by atoms with Crippen molar-refractivity contribution in [1.82, 2.24) is 20.3 Å². The third-order valence-electron chi connectivity index (χ3n) is 3.47. The molecule has 1 saturated heterocycles. The van der Waals surface area contributed by atoms with E-state index in [0.717, 1.165) is 19.5 Å². The predicted molar refractivity (Wildman–Crippen MR) is 79.3 cm³/mol. The third-order valence-corrected chi connectivity index (χ3v) is 3.47. The zero-order chi connectivity index (χ0) is 14.7. The Kier molecular flexibility index (Phi) is 3.62. The van der Waals surface area contributed by atoms with E-state index in [1.54, 1.807) is 12.3 Å². The van der Waals surface area contributed by atoms with E-state index < -0.39 is 0 Å². The lowest BCUT2D eigenvalue weighted by atomic mass is 10.1. The molecule has 7 nitrogen and oxygen atoms in total. The molecule has 0 saturated carbocycles. The van der Waals surface area contributed by atoms with E-state index in [0.29, 0.717) is 28.3 Å². The normalized spacial score (nSPS) is 17.4. The molecule has 7 heteroatoms. The van der Waals surface area contributed by atoms with Crippen molar-refractivity contribution in [3.63, 3.8) is 0 Å². The molecule has 0 spiro atoms. The molecule has 106 valence electrons. The number of nitriles is 1. The van der Waals surface area contributed by atoms with Crippen LogP contribution >= 0.6 is 0 Å². The molecular formula is C14H15N7. The molecule has 0 aliphatic carbocycles. The molecule has 2 aromatic heterocycles. The summed E-state index contributed by atoms with van der Waals surface area (Å²) in [7, 11) is 0. The second-order valence-corrected chi connectivity index (χ2v) is 4.85. The van der Waals surface area contributed by atoms with Gasteiger partial charge >= 0.3 is 0 Å². The summed E-state index contributed by atoms with van der Waals surface area (Å²) in [6, 6.07) is 4.14. The molecule has 2 aromatic rings. The molecular weight excluding hydrogens is 266 g/mol. The van der Waals surface area contributed by atoms with Gasteiger partial charge in [-0.15, -0.1) is 0 Å². The van der Waals surface area contributed by atoms with E-state index in [1.807, 2.05) is 0 Å². The Morgan fingerprint density at radius 2 is 2.33 bits per heavy atom. The number of nitrogens with two attached hydrogens (primary N) is 1. The van der Waals surface area contributed by atoms with E-state index in [9.17, 15) is 5.26 Å². The van der Waals surface area contributed by atoms with Crippen molar-refractivity contribution in [2.45, 2.75) is 12.5 Å². The SMILES string of the molecule is N#Cc1cnc(-c2ccncn2)c(N)c1NC1CCNC1. The van der Waals surface area contributed by atoms with Gasteiger partial charge in [0, 0.05) is 25.0 Å². The highest BCUT2D eigenvalue weighted by molar-refractivity contribution is 5.84. The number of aromatic nitrogens is 3. The van der Waals surface area contributed by atoms with E-state index in [2.05, 4.69) is 31.7 Å². The Morgan fingerprint density at radius 1 is 1.43 bits per heavy atom. The van der Waals surface area contributed by atoms with Crippen LogP contribution < -0.4 is 16.4 Å². The first-order valence-electron chi connectivity index (χ1n) is 6.72. The van der Waals surface area contributed by atoms with Gasteiger partial charge in [0.15, 0.2) is 0 Å². The van der Waals surface area contributed by atoms with Gasteiger partial charge in [0.25, 0.3) is 0 Å². The number of nitrogens with one attached hydrogen (secondary N) is 2. The number of nitrogens with zero attached hydrogens (tertiary/aromatic N) is 4. The molecule has 4 N–H and O–H groups in total. The van der Waals surface area contributed by atoms with E-state index in [1.165, 1.54) is 12.5 Å². The topological polar surface area (TPSA) is 113 Å². The average Bonchev–Trinajstić information content (AvgIpc) is 3.03. The molecule has 0 bridgehead atoms. The Hall–Kier alpha value is -2.72. The average molecular weight is 281 g/mol. The highest BCUT2D eigenvalue weighted by Gasteiger charge is 2.20. The number of anilines is 2. The van der Waals surface area contributed by atoms with Gasteiger partial charge in [0.1, 0.15) is 18.1 Å². The number of hydrogen-bond donors (Lipinski definition) is 3. The van der Waals surface area contributed by atoms with Crippen LogP contribution in [-0.2, 0) is 0 Å². The summed E-state index contributed by atoms with van der Waals surface area (Å²) in [6.45, 7) is 1.82. The Morgan fingerprint density at radius 3 is 3.00 bits per heavy atom. The molecule has 0 radical (unpaired) electrons. The van der Waals surface area contributed by atoms with Gasteiger partial charge in [0.05, 0.1) is 22.6 Å². The highest BCUT2D eigenvalue weighted by atomic mass is 15.0. The third kappa shape index (κ3) is 2.61. The van der Waals surface area contributed by atoms with Crippen LogP contribution in [0.15, 0.2) is 24.8 Å². The van der Waals surface area contributed by atoms with Gasteiger partial charge in [0.2, 0.25) is 0 Å². The Bertz CT molecular complexity index is 672. The van der Waals surface area contributed by atoms with Crippen LogP contribution in [0.5, 0.6) is 0 Å². The molecule has 1 aliphatic heterocycles. The summed E-state index contributed by atoms with van der Waals surface area (Å²) in [4.78, 5) is 12.3. The fourth-order valence-electron chi connectivity index (χ4n) is 2.38. The van der Waals surface area contributed by atoms with Gasteiger partial charge in [-0.2, -0.15) is 5.26 Å². The Balaban J connectivity index is 2.02. The largest absolute Gasteiger partial charge is 0.395 e. The van der Waals surface area contributed by atoms with Gasteiger partial charge in [-0.25, -0.2) is 9.97 Å². The second kappa shape index (κ2) is 5.73. The Labute approximate surface area is 122 Å². The highest BCUT2D eigenvalue weighted by Crippen LogP contribution is 2.32. The fourth-order valence-corrected chi connectivity index (χ4v) is 2.38. The van der Waals surface area contributed by atoms with E-state index in [-0.39, 0.29) is 6.04 Å². The number of hydrogen-bond acceptors (Lipinski definition) is 7. The lowest BCUT2D eigenvalue weighted by molar-refractivity contribution is 0.793. The first kappa shape index (κ1) is 13.3. The van der Waals surface area contributed by atoms with E-state index >= 15 is 0 Å². The van der Waals surface area contributed by atoms with Crippen LogP contribution in [0.1, 0.15) is 12.0 Å². The summed E-state index contributed by atoms with van der Waals surface area (Å²) in [5.74, 6) is 0. The van der Waals surface area contributed by atoms with Crippen molar-refractivity contribution in [1.29, 1.82) is 5.26 Å². The minimum Gasteiger partial charge on any atom is -0.395 e. The van der Waals surface area contributed by atoms with Crippen LogP contribution in [0.25, 0.3) is 11.4 Å². The van der Waals surface area contributed by atoms with Crippen molar-refractivity contribution in [2.24, 2.45) is 0 Å². The maximum Gasteiger partial charge on any atom is 0.116 e. The van der Waals surface area contributed by atoms with E-state index in [4.69, 9.17) is 5.73 Å². The molecule has 1 unspecified atom stereocenters. The molecule has 0 aromatic carbocycles. The van der Waals surface area contributed by atoms with Gasteiger partial charge < -0.3 is 16.4 Å². The number of rotatable bonds is 3. The fraction of sp³-hybridized carbons (Fsp3) is 0.286. The summed E-state index contributed by atoms with van der Waals surface area (Å²) in [6.07, 6.45) is 5.60. The van der Waals surface area contributed by atoms with Crippen LogP contribution in [0.2, 0.25) is 0 Å². The summed E-state index contributed by atoms with van der Waals surface area (Å²) in [5.41, 5.74) is 8.93. The zero-order valence-corrected chi connectivity index (χ0v) is 11.4. The van der Waals surface area contributed by atoms with Crippen LogP contribution in [0, 0.1) is 11.3 Å². The molecule has 1 aliphatic rings. The first-order chi connectivity index (χ1) is 10.3. The van der Waals surface area contributed by atoms with Crippen molar-refractivity contribution in [2.75, 3.05) is 24.1 Å². The lowest BCUT2D eigenvalue weighted by Gasteiger charge is -2.17. The molecule has 1 fully saturated rings. The van der Waals surface area contributed by atoms with Crippen LogP contribution in [-0.4, -0.2) is 34.1 Å². The number of nitrogen functional groups attached to an aromatic ring is 1. The van der Waals surface area contributed by atoms with Gasteiger partial charge in [-0.3, -0.25) is 4.98 Å². The van der Waals surface area contributed by atoms with Crippen molar-refractivity contribution < 1.29 is 0 Å². The molecule has 1 atom stereocenters. The second-order valence-electron chi connectivity index (χ2n) is 4.85. The smallest absolute Gasteiger partial charge is 0.116 e. The quantitative estimate of drug-likeness (QED) is 0.761. The van der Waals surface area contributed by atoms with Crippen LogP contribution in [0.4, 0.5) is 11.4 Å². The molecule has 0 amide bonds. The lowest BCUT2D eigenvalue weighted by Crippen LogP contribution is -2.23. The zero-order valence-electron chi connectivity index (χ0n) is 11.4. The van der Waals surface area contributed by atoms with Crippen molar-refractivity contribution in [3.05, 3.63) is 30.4 Å². The minimum absolute atomic E-state index is 0.264. The van der Waals surface area contributed by atoms with Crippen molar-refractivity contribution >= 4 is 11.4 Å². The maximum atomic E-state index is 9.25. The summed E-state index contributed by atoms with van der Waals surface area (Å²) >= 11 is 0. The van der Waals surface area contributed by atoms with Crippen LogP contribution in [0.3, 0.4) is 0 Å². The molecule has 3 rings (SSSR count). The standard InChI is InChI=1S/C14H15N7/c15-5-9-6-19-14(11-2-4-18-8-20-11)12(16)13(9)21-10-1-3-17-7-10/h2,4,6,8,10,17H,1,3,7,16H2,(H,19,21). The van der Waals surface area contributed by atoms with Crippen molar-refractivity contribution in [3.8, 4) is 17.5 Å². The maximum absolute atomic E-state index is 9.25. The summed E-state index contributed by atoms with van der Waals surface area (Å²) in [5, 5.41) is 15.9. The molecule has 21 heavy (non-hydrogen) atoms. The first-order valence-corrected chi connectivity index (χ1v) is 6.72.